The molecule has 1 aromatic rings. The lowest BCUT2D eigenvalue weighted by molar-refractivity contribution is -0.143. The molecule has 1 N–H and O–H groups in total. The molecule has 0 radical (unpaired) electrons. The first-order valence-corrected chi connectivity index (χ1v) is 5.06. The molecule has 0 bridgehead atoms. The van der Waals surface area contributed by atoms with Gasteiger partial charge in [0.25, 0.3) is 0 Å². The highest BCUT2D eigenvalue weighted by Crippen LogP contribution is 2.37. The molecule has 1 aliphatic rings. The Morgan fingerprint density at radius 2 is 2.00 bits per heavy atom. The summed E-state index contributed by atoms with van der Waals surface area (Å²) in [5.41, 5.74) is -0.834. The molecule has 0 spiro atoms. The van der Waals surface area contributed by atoms with Gasteiger partial charge in [0.1, 0.15) is 6.10 Å². The van der Waals surface area contributed by atoms with Crippen molar-refractivity contribution in [3.05, 3.63) is 35.4 Å². The molecule has 2 rings (SSSR count). The third-order valence-electron chi connectivity index (χ3n) is 2.47. The SMILES string of the molecule is OCC1COC(c2ccccc2C(F)(F)F)O1. The van der Waals surface area contributed by atoms with Gasteiger partial charge in [0.05, 0.1) is 18.8 Å². The van der Waals surface area contributed by atoms with Crippen LogP contribution in [0.15, 0.2) is 24.3 Å². The van der Waals surface area contributed by atoms with Crippen molar-refractivity contribution in [1.82, 2.24) is 0 Å². The zero-order valence-electron chi connectivity index (χ0n) is 8.78. The van der Waals surface area contributed by atoms with Crippen LogP contribution in [0.1, 0.15) is 17.4 Å². The highest BCUT2D eigenvalue weighted by molar-refractivity contribution is 5.31. The van der Waals surface area contributed by atoms with E-state index in [1.54, 1.807) is 0 Å². The topological polar surface area (TPSA) is 38.7 Å². The smallest absolute Gasteiger partial charge is 0.394 e. The molecule has 3 nitrogen and oxygen atoms in total. The number of hydrogen-bond donors (Lipinski definition) is 1. The van der Waals surface area contributed by atoms with Crippen molar-refractivity contribution in [2.24, 2.45) is 0 Å². The van der Waals surface area contributed by atoms with Crippen molar-refractivity contribution < 1.29 is 27.8 Å². The molecule has 0 aromatic heterocycles. The zero-order valence-corrected chi connectivity index (χ0v) is 8.78. The van der Waals surface area contributed by atoms with E-state index >= 15 is 0 Å². The van der Waals surface area contributed by atoms with Gasteiger partial charge in [-0.2, -0.15) is 13.2 Å². The summed E-state index contributed by atoms with van der Waals surface area (Å²) in [5, 5.41) is 8.83. The fraction of sp³-hybridized carbons (Fsp3) is 0.455. The molecular weight excluding hydrogens is 237 g/mol. The summed E-state index contributed by atoms with van der Waals surface area (Å²) < 4.78 is 48.4. The maximum absolute atomic E-state index is 12.7. The predicted octanol–water partition coefficient (Wildman–Crippen LogP) is 2.11. The molecule has 6 heteroatoms. The van der Waals surface area contributed by atoms with Crippen LogP contribution >= 0.6 is 0 Å². The minimum atomic E-state index is -4.44. The van der Waals surface area contributed by atoms with Crippen LogP contribution in [0.25, 0.3) is 0 Å². The Bertz CT molecular complexity index is 392. The van der Waals surface area contributed by atoms with Crippen LogP contribution in [0.3, 0.4) is 0 Å². The van der Waals surface area contributed by atoms with Crippen LogP contribution in [0.4, 0.5) is 13.2 Å². The Morgan fingerprint density at radius 3 is 2.59 bits per heavy atom. The largest absolute Gasteiger partial charge is 0.416 e. The van der Waals surface area contributed by atoms with E-state index in [2.05, 4.69) is 0 Å². The molecule has 1 aromatic carbocycles. The summed E-state index contributed by atoms with van der Waals surface area (Å²) >= 11 is 0. The lowest BCUT2D eigenvalue weighted by atomic mass is 10.1. The average molecular weight is 248 g/mol. The third kappa shape index (κ3) is 2.59. The van der Waals surface area contributed by atoms with Gasteiger partial charge >= 0.3 is 6.18 Å². The van der Waals surface area contributed by atoms with Gasteiger partial charge in [-0.15, -0.1) is 0 Å². The van der Waals surface area contributed by atoms with Crippen molar-refractivity contribution in [2.75, 3.05) is 13.2 Å². The Hall–Kier alpha value is -1.11. The molecule has 1 heterocycles. The number of aliphatic hydroxyl groups excluding tert-OH is 1. The second-order valence-electron chi connectivity index (χ2n) is 3.69. The molecule has 2 atom stereocenters. The van der Waals surface area contributed by atoms with Gasteiger partial charge < -0.3 is 14.6 Å². The maximum Gasteiger partial charge on any atom is 0.416 e. The maximum atomic E-state index is 12.7. The molecule has 17 heavy (non-hydrogen) atoms. The first-order chi connectivity index (χ1) is 8.02. The van der Waals surface area contributed by atoms with E-state index in [1.165, 1.54) is 18.2 Å². The second kappa shape index (κ2) is 4.64. The first-order valence-electron chi connectivity index (χ1n) is 5.06. The number of hydrogen-bond acceptors (Lipinski definition) is 3. The fourth-order valence-corrected chi connectivity index (χ4v) is 1.67. The second-order valence-corrected chi connectivity index (χ2v) is 3.69. The van der Waals surface area contributed by atoms with E-state index in [9.17, 15) is 13.2 Å². The van der Waals surface area contributed by atoms with Gasteiger partial charge in [-0.1, -0.05) is 18.2 Å². The minimum absolute atomic E-state index is 0.0593. The van der Waals surface area contributed by atoms with E-state index in [-0.39, 0.29) is 18.8 Å². The standard InChI is InChI=1S/C11H11F3O3/c12-11(13,14)9-4-2-1-3-8(9)10-16-6-7(5-15)17-10/h1-4,7,10,15H,5-6H2. The molecule has 0 aliphatic carbocycles. The quantitative estimate of drug-likeness (QED) is 0.871. The Labute approximate surface area is 95.8 Å². The third-order valence-corrected chi connectivity index (χ3v) is 2.47. The number of rotatable bonds is 2. The van der Waals surface area contributed by atoms with E-state index in [1.807, 2.05) is 0 Å². The fourth-order valence-electron chi connectivity index (χ4n) is 1.67. The summed E-state index contributed by atoms with van der Waals surface area (Å²) in [4.78, 5) is 0. The normalized spacial score (nSPS) is 25.2. The van der Waals surface area contributed by atoms with Gasteiger partial charge in [0.2, 0.25) is 0 Å². The zero-order chi connectivity index (χ0) is 12.5. The monoisotopic (exact) mass is 248 g/mol. The van der Waals surface area contributed by atoms with Gasteiger partial charge in [0.15, 0.2) is 6.29 Å². The van der Waals surface area contributed by atoms with Gasteiger partial charge in [-0.05, 0) is 6.07 Å². The minimum Gasteiger partial charge on any atom is -0.394 e. The van der Waals surface area contributed by atoms with Crippen molar-refractivity contribution >= 4 is 0 Å². The van der Waals surface area contributed by atoms with Gasteiger partial charge in [-0.3, -0.25) is 0 Å². The molecule has 0 amide bonds. The molecule has 0 saturated carbocycles. The van der Waals surface area contributed by atoms with Crippen molar-refractivity contribution in [3.8, 4) is 0 Å². The van der Waals surface area contributed by atoms with Crippen LogP contribution < -0.4 is 0 Å². The number of alkyl halides is 3. The average Bonchev–Trinajstić information content (AvgIpc) is 2.76. The molecule has 1 saturated heterocycles. The van der Waals surface area contributed by atoms with Crippen LogP contribution in [0.5, 0.6) is 0 Å². The molecule has 94 valence electrons. The number of ether oxygens (including phenoxy) is 2. The van der Waals surface area contributed by atoms with E-state index < -0.39 is 24.1 Å². The summed E-state index contributed by atoms with van der Waals surface area (Å²) in [7, 11) is 0. The highest BCUT2D eigenvalue weighted by Gasteiger charge is 2.37. The summed E-state index contributed by atoms with van der Waals surface area (Å²) in [6, 6.07) is 5.09. The lowest BCUT2D eigenvalue weighted by Crippen LogP contribution is -2.16. The summed E-state index contributed by atoms with van der Waals surface area (Å²) in [5.74, 6) is 0. The molecule has 1 fully saturated rings. The van der Waals surface area contributed by atoms with Crippen LogP contribution in [0, 0.1) is 0 Å². The molecule has 2 unspecified atom stereocenters. The van der Waals surface area contributed by atoms with Crippen molar-refractivity contribution in [3.63, 3.8) is 0 Å². The first kappa shape index (κ1) is 12.3. The predicted molar refractivity (Wildman–Crippen MR) is 52.1 cm³/mol. The molecular formula is C11H11F3O3. The Balaban J connectivity index is 2.27. The number of aliphatic hydroxyl groups is 1. The van der Waals surface area contributed by atoms with Crippen LogP contribution in [-0.2, 0) is 15.7 Å². The lowest BCUT2D eigenvalue weighted by Gasteiger charge is -2.16. The Morgan fingerprint density at radius 1 is 1.29 bits per heavy atom. The van der Waals surface area contributed by atoms with Gasteiger partial charge in [-0.25, -0.2) is 0 Å². The van der Waals surface area contributed by atoms with E-state index in [4.69, 9.17) is 14.6 Å². The highest BCUT2D eigenvalue weighted by atomic mass is 19.4. The van der Waals surface area contributed by atoms with Gasteiger partial charge in [0, 0.05) is 5.56 Å². The van der Waals surface area contributed by atoms with E-state index in [0.29, 0.717) is 0 Å². The van der Waals surface area contributed by atoms with Crippen molar-refractivity contribution in [1.29, 1.82) is 0 Å². The number of halogens is 3. The van der Waals surface area contributed by atoms with Crippen LogP contribution in [-0.4, -0.2) is 24.4 Å². The molecule has 1 aliphatic heterocycles. The summed E-state index contributed by atoms with van der Waals surface area (Å²) in [6.45, 7) is -0.182. The van der Waals surface area contributed by atoms with Crippen molar-refractivity contribution in [2.45, 2.75) is 18.6 Å². The van der Waals surface area contributed by atoms with Crippen LogP contribution in [0.2, 0.25) is 0 Å². The van der Waals surface area contributed by atoms with E-state index in [0.717, 1.165) is 6.07 Å². The summed E-state index contributed by atoms with van der Waals surface area (Å²) in [6.07, 6.45) is -6.08. The Kier molecular flexibility index (Phi) is 3.37. The number of benzene rings is 1.